The first-order chi connectivity index (χ1) is 8.31. The van der Waals surface area contributed by atoms with E-state index in [1.807, 2.05) is 13.0 Å². The molecule has 17 heavy (non-hydrogen) atoms. The summed E-state index contributed by atoms with van der Waals surface area (Å²) < 4.78 is 0. The van der Waals surface area contributed by atoms with Gasteiger partial charge < -0.3 is 5.32 Å². The van der Waals surface area contributed by atoms with E-state index in [2.05, 4.69) is 32.8 Å². The third-order valence-electron chi connectivity index (χ3n) is 2.80. The second-order valence-electron chi connectivity index (χ2n) is 4.44. The van der Waals surface area contributed by atoms with Crippen molar-refractivity contribution in [1.82, 2.24) is 15.3 Å². The van der Waals surface area contributed by atoms with Gasteiger partial charge in [-0.1, -0.05) is 6.07 Å². The number of nitrogens with zero attached hydrogens (tertiary/aromatic N) is 2. The van der Waals surface area contributed by atoms with Crippen LogP contribution in [0.3, 0.4) is 0 Å². The summed E-state index contributed by atoms with van der Waals surface area (Å²) in [6.07, 6.45) is 2.59. The number of aromatic nitrogens is 2. The van der Waals surface area contributed by atoms with Crippen LogP contribution in [0.2, 0.25) is 0 Å². The van der Waals surface area contributed by atoms with Crippen molar-refractivity contribution in [3.63, 3.8) is 0 Å². The Morgan fingerprint density at radius 3 is 3.00 bits per heavy atom. The molecule has 0 unspecified atom stereocenters. The molecule has 1 aliphatic rings. The summed E-state index contributed by atoms with van der Waals surface area (Å²) in [4.78, 5) is 10.3. The zero-order valence-electron chi connectivity index (χ0n) is 9.81. The predicted octanol–water partition coefficient (Wildman–Crippen LogP) is 2.77. The fraction of sp³-hybridized carbons (Fsp3) is 0.385. The van der Waals surface area contributed by atoms with Crippen LogP contribution in [0.5, 0.6) is 0 Å². The Morgan fingerprint density at radius 2 is 2.29 bits per heavy atom. The Balaban J connectivity index is 1.83. The maximum absolute atomic E-state index is 4.61. The average molecular weight is 245 g/mol. The van der Waals surface area contributed by atoms with E-state index >= 15 is 0 Å². The van der Waals surface area contributed by atoms with Crippen LogP contribution >= 0.6 is 11.3 Å². The van der Waals surface area contributed by atoms with Crippen LogP contribution in [-0.2, 0) is 6.54 Å². The van der Waals surface area contributed by atoms with Crippen molar-refractivity contribution in [2.75, 3.05) is 0 Å². The molecule has 1 saturated carbocycles. The first-order valence-electron chi connectivity index (χ1n) is 5.93. The lowest BCUT2D eigenvalue weighted by Crippen LogP contribution is -2.17. The molecule has 3 nitrogen and oxygen atoms in total. The minimum Gasteiger partial charge on any atom is -0.307 e. The molecule has 0 bridgehead atoms. The summed E-state index contributed by atoms with van der Waals surface area (Å²) in [5, 5.41) is 5.53. The average Bonchev–Trinajstić information content (AvgIpc) is 2.98. The summed E-state index contributed by atoms with van der Waals surface area (Å²) in [6.45, 7) is 2.81. The van der Waals surface area contributed by atoms with Gasteiger partial charge in [-0.05, 0) is 37.3 Å². The molecule has 4 heteroatoms. The number of rotatable bonds is 4. The Kier molecular flexibility index (Phi) is 2.91. The zero-order chi connectivity index (χ0) is 11.7. The second-order valence-corrected chi connectivity index (χ2v) is 5.39. The van der Waals surface area contributed by atoms with Gasteiger partial charge >= 0.3 is 0 Å². The lowest BCUT2D eigenvalue weighted by molar-refractivity contribution is 0.656. The summed E-state index contributed by atoms with van der Waals surface area (Å²) in [6, 6.07) is 6.90. The van der Waals surface area contributed by atoms with Crippen molar-refractivity contribution in [2.24, 2.45) is 0 Å². The van der Waals surface area contributed by atoms with Gasteiger partial charge in [-0.2, -0.15) is 0 Å². The van der Waals surface area contributed by atoms with Gasteiger partial charge in [0.2, 0.25) is 0 Å². The predicted molar refractivity (Wildman–Crippen MR) is 69.9 cm³/mol. The van der Waals surface area contributed by atoms with Crippen molar-refractivity contribution < 1.29 is 0 Å². The highest BCUT2D eigenvalue weighted by molar-refractivity contribution is 7.13. The van der Waals surface area contributed by atoms with Gasteiger partial charge in [0, 0.05) is 11.7 Å². The minimum absolute atomic E-state index is 0.698. The smallest absolute Gasteiger partial charge is 0.143 e. The number of nitrogens with one attached hydrogen (secondary N) is 1. The highest BCUT2D eigenvalue weighted by Crippen LogP contribution is 2.23. The SMILES string of the molecule is Cc1cc(-c2cccs2)nc(CNC2CC2)n1. The monoisotopic (exact) mass is 245 g/mol. The lowest BCUT2D eigenvalue weighted by atomic mass is 10.3. The van der Waals surface area contributed by atoms with Crippen LogP contribution in [0.1, 0.15) is 24.4 Å². The number of hydrogen-bond donors (Lipinski definition) is 1. The normalized spacial score (nSPS) is 15.1. The molecule has 0 atom stereocenters. The molecule has 1 aliphatic carbocycles. The summed E-state index contributed by atoms with van der Waals surface area (Å²) in [7, 11) is 0. The lowest BCUT2D eigenvalue weighted by Gasteiger charge is -2.05. The topological polar surface area (TPSA) is 37.8 Å². The molecular formula is C13H15N3S. The second kappa shape index (κ2) is 4.55. The molecule has 0 radical (unpaired) electrons. The van der Waals surface area contributed by atoms with Crippen molar-refractivity contribution >= 4 is 11.3 Å². The molecule has 0 saturated heterocycles. The van der Waals surface area contributed by atoms with E-state index < -0.39 is 0 Å². The van der Waals surface area contributed by atoms with Crippen LogP contribution in [0.15, 0.2) is 23.6 Å². The van der Waals surface area contributed by atoms with Gasteiger partial charge in [-0.25, -0.2) is 9.97 Å². The first-order valence-corrected chi connectivity index (χ1v) is 6.81. The largest absolute Gasteiger partial charge is 0.307 e. The number of aryl methyl sites for hydroxylation is 1. The van der Waals surface area contributed by atoms with Gasteiger partial charge in [0.15, 0.2) is 0 Å². The molecule has 0 aliphatic heterocycles. The van der Waals surface area contributed by atoms with E-state index in [-0.39, 0.29) is 0 Å². The first kappa shape index (κ1) is 10.9. The van der Waals surface area contributed by atoms with E-state index in [0.29, 0.717) is 6.04 Å². The Labute approximate surface area is 105 Å². The number of hydrogen-bond acceptors (Lipinski definition) is 4. The van der Waals surface area contributed by atoms with Gasteiger partial charge in [-0.3, -0.25) is 0 Å². The van der Waals surface area contributed by atoms with E-state index in [0.717, 1.165) is 23.8 Å². The zero-order valence-corrected chi connectivity index (χ0v) is 10.6. The highest BCUT2D eigenvalue weighted by Gasteiger charge is 2.20. The fourth-order valence-electron chi connectivity index (χ4n) is 1.78. The molecule has 3 rings (SSSR count). The molecule has 0 amide bonds. The van der Waals surface area contributed by atoms with Crippen molar-refractivity contribution in [2.45, 2.75) is 32.4 Å². The maximum Gasteiger partial charge on any atom is 0.143 e. The van der Waals surface area contributed by atoms with Crippen LogP contribution in [0.25, 0.3) is 10.6 Å². The summed E-state index contributed by atoms with van der Waals surface area (Å²) in [5.41, 5.74) is 2.08. The van der Waals surface area contributed by atoms with Gasteiger partial charge in [0.1, 0.15) is 5.82 Å². The third kappa shape index (κ3) is 2.70. The molecule has 2 aromatic heterocycles. The van der Waals surface area contributed by atoms with Crippen LogP contribution in [0.4, 0.5) is 0 Å². The van der Waals surface area contributed by atoms with Crippen LogP contribution in [-0.4, -0.2) is 16.0 Å². The van der Waals surface area contributed by atoms with Gasteiger partial charge in [0.25, 0.3) is 0 Å². The fourth-order valence-corrected chi connectivity index (χ4v) is 2.47. The molecular weight excluding hydrogens is 230 g/mol. The third-order valence-corrected chi connectivity index (χ3v) is 3.69. The molecule has 88 valence electrons. The quantitative estimate of drug-likeness (QED) is 0.900. The van der Waals surface area contributed by atoms with E-state index in [9.17, 15) is 0 Å². The van der Waals surface area contributed by atoms with Crippen molar-refractivity contribution in [1.29, 1.82) is 0 Å². The molecule has 1 fully saturated rings. The van der Waals surface area contributed by atoms with Crippen molar-refractivity contribution in [3.05, 3.63) is 35.1 Å². The van der Waals surface area contributed by atoms with Gasteiger partial charge in [-0.15, -0.1) is 11.3 Å². The summed E-state index contributed by atoms with van der Waals surface area (Å²) >= 11 is 1.72. The Bertz CT molecular complexity index is 503. The maximum atomic E-state index is 4.61. The van der Waals surface area contributed by atoms with E-state index in [1.165, 1.54) is 17.7 Å². The molecule has 2 heterocycles. The van der Waals surface area contributed by atoms with E-state index in [1.54, 1.807) is 11.3 Å². The standard InChI is InChI=1S/C13H15N3S/c1-9-7-11(12-3-2-6-17-12)16-13(15-9)8-14-10-4-5-10/h2-3,6-7,10,14H,4-5,8H2,1H3. The molecule has 0 spiro atoms. The van der Waals surface area contributed by atoms with Gasteiger partial charge in [0.05, 0.1) is 17.1 Å². The molecule has 2 aromatic rings. The molecule has 1 N–H and O–H groups in total. The molecule has 0 aromatic carbocycles. The van der Waals surface area contributed by atoms with Crippen LogP contribution in [0, 0.1) is 6.92 Å². The van der Waals surface area contributed by atoms with E-state index in [4.69, 9.17) is 0 Å². The Hall–Kier alpha value is -1.26. The minimum atomic E-state index is 0.698. The Morgan fingerprint density at radius 1 is 1.41 bits per heavy atom. The van der Waals surface area contributed by atoms with Crippen LogP contribution < -0.4 is 5.32 Å². The highest BCUT2D eigenvalue weighted by atomic mass is 32.1. The summed E-state index contributed by atoms with van der Waals surface area (Å²) in [5.74, 6) is 0.903. The number of thiophene rings is 1. The van der Waals surface area contributed by atoms with Crippen molar-refractivity contribution in [3.8, 4) is 10.6 Å².